The molecule has 112 valence electrons. The lowest BCUT2D eigenvalue weighted by Crippen LogP contribution is -2.07. The van der Waals surface area contributed by atoms with Crippen molar-refractivity contribution in [2.45, 2.75) is 20.5 Å². The summed E-state index contributed by atoms with van der Waals surface area (Å²) in [5.41, 5.74) is 1.80. The Morgan fingerprint density at radius 3 is 2.68 bits per heavy atom. The van der Waals surface area contributed by atoms with Crippen LogP contribution in [0.3, 0.4) is 0 Å². The average Bonchev–Trinajstić information content (AvgIpc) is 3.09. The van der Waals surface area contributed by atoms with E-state index in [0.717, 1.165) is 16.3 Å². The molecule has 0 amide bonds. The summed E-state index contributed by atoms with van der Waals surface area (Å²) in [6.45, 7) is 4.13. The minimum absolute atomic E-state index is 0.197. The van der Waals surface area contributed by atoms with Crippen molar-refractivity contribution in [3.8, 4) is 10.9 Å². The summed E-state index contributed by atoms with van der Waals surface area (Å²) < 4.78 is 7.28. The highest BCUT2D eigenvalue weighted by Crippen LogP contribution is 2.22. The van der Waals surface area contributed by atoms with Crippen LogP contribution in [0.4, 0.5) is 0 Å². The van der Waals surface area contributed by atoms with Crippen molar-refractivity contribution >= 4 is 17.6 Å². The second kappa shape index (κ2) is 6.07. The number of ether oxygens (including phenoxy) is 1. The Labute approximate surface area is 131 Å². The Balaban J connectivity index is 1.92. The first-order valence-electron chi connectivity index (χ1n) is 6.71. The van der Waals surface area contributed by atoms with E-state index in [4.69, 9.17) is 4.74 Å². The van der Waals surface area contributed by atoms with E-state index >= 15 is 0 Å². The Bertz CT molecular complexity index is 776. The lowest BCUT2D eigenvalue weighted by molar-refractivity contribution is 0.111. The van der Waals surface area contributed by atoms with E-state index in [1.807, 2.05) is 44.2 Å². The molecule has 0 atom stereocenters. The van der Waals surface area contributed by atoms with Gasteiger partial charge in [-0.15, -0.1) is 5.10 Å². The van der Waals surface area contributed by atoms with Crippen LogP contribution in [-0.4, -0.2) is 26.3 Å². The third-order valence-corrected chi connectivity index (χ3v) is 4.27. The first-order valence-corrected chi connectivity index (χ1v) is 7.52. The molecule has 0 fully saturated rings. The summed E-state index contributed by atoms with van der Waals surface area (Å²) in [5.74, 6) is 0.721. The van der Waals surface area contributed by atoms with E-state index in [2.05, 4.69) is 15.3 Å². The fourth-order valence-electron chi connectivity index (χ4n) is 1.91. The normalized spacial score (nSPS) is 10.6. The first kappa shape index (κ1) is 14.4. The van der Waals surface area contributed by atoms with E-state index in [9.17, 15) is 4.79 Å². The number of carbonyl (C=O) groups excluding carboxylic acids is 1. The molecular formula is C15H14N4O2S. The van der Waals surface area contributed by atoms with Gasteiger partial charge in [-0.2, -0.15) is 4.68 Å². The Hall–Kier alpha value is -2.54. The molecular weight excluding hydrogens is 300 g/mol. The maximum Gasteiger partial charge on any atom is 0.212 e. The number of benzene rings is 1. The fourth-order valence-corrected chi connectivity index (χ4v) is 2.79. The number of aromatic nitrogens is 4. The predicted octanol–water partition coefficient (Wildman–Crippen LogP) is 2.73. The number of aldehydes is 1. The van der Waals surface area contributed by atoms with E-state index in [1.165, 1.54) is 11.3 Å². The molecule has 0 bridgehead atoms. The molecule has 7 heteroatoms. The van der Waals surface area contributed by atoms with Gasteiger partial charge in [0.05, 0.1) is 5.69 Å². The molecule has 6 nitrogen and oxygen atoms in total. The summed E-state index contributed by atoms with van der Waals surface area (Å²) in [7, 11) is 0. The summed E-state index contributed by atoms with van der Waals surface area (Å²) in [6.07, 6.45) is 0.681. The number of rotatable bonds is 5. The molecule has 0 aliphatic heterocycles. The quantitative estimate of drug-likeness (QED) is 0.677. The van der Waals surface area contributed by atoms with Crippen LogP contribution in [0.5, 0.6) is 5.75 Å². The molecule has 0 unspecified atom stereocenters. The summed E-state index contributed by atoms with van der Waals surface area (Å²) in [5, 5.41) is 8.60. The van der Waals surface area contributed by atoms with E-state index in [-0.39, 0.29) is 12.3 Å². The van der Waals surface area contributed by atoms with Gasteiger partial charge in [0, 0.05) is 4.88 Å². The van der Waals surface area contributed by atoms with Crippen LogP contribution in [0.15, 0.2) is 30.3 Å². The monoisotopic (exact) mass is 314 g/mol. The predicted molar refractivity (Wildman–Crippen MR) is 82.7 cm³/mol. The summed E-state index contributed by atoms with van der Waals surface area (Å²) in [6, 6.07) is 9.40. The van der Waals surface area contributed by atoms with E-state index < -0.39 is 0 Å². The van der Waals surface area contributed by atoms with Crippen molar-refractivity contribution in [1.29, 1.82) is 0 Å². The number of carbonyl (C=O) groups is 1. The smallest absolute Gasteiger partial charge is 0.212 e. The molecule has 0 saturated carbocycles. The van der Waals surface area contributed by atoms with Crippen LogP contribution >= 0.6 is 11.3 Å². The molecule has 0 radical (unpaired) electrons. The first-order chi connectivity index (χ1) is 10.7. The fraction of sp³-hybridized carbons (Fsp3) is 0.200. The van der Waals surface area contributed by atoms with Crippen LogP contribution in [0.2, 0.25) is 0 Å². The highest BCUT2D eigenvalue weighted by atomic mass is 32.1. The lowest BCUT2D eigenvalue weighted by atomic mass is 10.3. The van der Waals surface area contributed by atoms with Gasteiger partial charge in [-0.05, 0) is 26.0 Å². The van der Waals surface area contributed by atoms with Crippen molar-refractivity contribution < 1.29 is 9.53 Å². The zero-order valence-corrected chi connectivity index (χ0v) is 13.0. The number of nitrogens with zero attached hydrogens (tertiary/aromatic N) is 4. The second-order valence-electron chi connectivity index (χ2n) is 4.69. The van der Waals surface area contributed by atoms with Gasteiger partial charge in [0.2, 0.25) is 5.13 Å². The van der Waals surface area contributed by atoms with Crippen LogP contribution < -0.4 is 4.74 Å². The molecule has 0 aliphatic rings. The second-order valence-corrected chi connectivity index (χ2v) is 5.87. The largest absolute Gasteiger partial charge is 0.487 e. The van der Waals surface area contributed by atoms with Gasteiger partial charge in [-0.1, -0.05) is 34.7 Å². The summed E-state index contributed by atoms with van der Waals surface area (Å²) >= 11 is 1.50. The van der Waals surface area contributed by atoms with Gasteiger partial charge in [0.15, 0.2) is 12.0 Å². The number of aryl methyl sites for hydroxylation is 2. The van der Waals surface area contributed by atoms with Crippen molar-refractivity contribution in [3.63, 3.8) is 0 Å². The molecule has 0 spiro atoms. The molecule has 2 aromatic heterocycles. The molecule has 1 aromatic carbocycles. The molecule has 0 aliphatic carbocycles. The minimum Gasteiger partial charge on any atom is -0.487 e. The lowest BCUT2D eigenvalue weighted by Gasteiger charge is -2.07. The van der Waals surface area contributed by atoms with Gasteiger partial charge in [0.1, 0.15) is 18.1 Å². The van der Waals surface area contributed by atoms with Crippen molar-refractivity contribution in [2.24, 2.45) is 0 Å². The van der Waals surface area contributed by atoms with Gasteiger partial charge >= 0.3 is 0 Å². The van der Waals surface area contributed by atoms with Crippen molar-refractivity contribution in [3.05, 3.63) is 52.3 Å². The molecule has 0 N–H and O–H groups in total. The number of thiazole rings is 1. The zero-order valence-electron chi connectivity index (χ0n) is 12.2. The van der Waals surface area contributed by atoms with Crippen LogP contribution in [-0.2, 0) is 6.61 Å². The molecule has 2 heterocycles. The highest BCUT2D eigenvalue weighted by molar-refractivity contribution is 7.14. The topological polar surface area (TPSA) is 69.9 Å². The van der Waals surface area contributed by atoms with Gasteiger partial charge in [-0.25, -0.2) is 4.98 Å². The SMILES string of the molecule is Cc1nc(-n2nnc(C=O)c2COc2ccccc2)sc1C. The van der Waals surface area contributed by atoms with Crippen molar-refractivity contribution in [2.75, 3.05) is 0 Å². The zero-order chi connectivity index (χ0) is 15.5. The third kappa shape index (κ3) is 2.75. The number of hydrogen-bond donors (Lipinski definition) is 0. The molecule has 3 rings (SSSR count). The van der Waals surface area contributed by atoms with E-state index in [1.54, 1.807) is 4.68 Å². The van der Waals surface area contributed by atoms with Gasteiger partial charge in [-0.3, -0.25) is 4.79 Å². The summed E-state index contributed by atoms with van der Waals surface area (Å²) in [4.78, 5) is 16.7. The van der Waals surface area contributed by atoms with Crippen molar-refractivity contribution in [1.82, 2.24) is 20.0 Å². The standard InChI is InChI=1S/C15H14N4O2S/c1-10-11(2)22-15(16-10)19-14(13(8-20)17-18-19)9-21-12-6-4-3-5-7-12/h3-8H,9H2,1-2H3. The maximum atomic E-state index is 11.2. The Kier molecular flexibility index (Phi) is 3.97. The molecule has 3 aromatic rings. The van der Waals surface area contributed by atoms with Crippen LogP contribution in [0.1, 0.15) is 26.8 Å². The highest BCUT2D eigenvalue weighted by Gasteiger charge is 2.17. The Morgan fingerprint density at radius 1 is 1.27 bits per heavy atom. The number of para-hydroxylation sites is 1. The maximum absolute atomic E-state index is 11.2. The number of hydrogen-bond acceptors (Lipinski definition) is 6. The van der Waals surface area contributed by atoms with Crippen LogP contribution in [0.25, 0.3) is 5.13 Å². The third-order valence-electron chi connectivity index (χ3n) is 3.22. The van der Waals surface area contributed by atoms with Crippen LogP contribution in [0, 0.1) is 13.8 Å². The minimum atomic E-state index is 0.197. The molecule has 22 heavy (non-hydrogen) atoms. The Morgan fingerprint density at radius 2 is 2.05 bits per heavy atom. The molecule has 0 saturated heterocycles. The van der Waals surface area contributed by atoms with E-state index in [0.29, 0.717) is 17.1 Å². The van der Waals surface area contributed by atoms with Gasteiger partial charge in [0.25, 0.3) is 0 Å². The van der Waals surface area contributed by atoms with Gasteiger partial charge < -0.3 is 4.74 Å². The average molecular weight is 314 g/mol.